The Hall–Kier alpha value is -3.38. The van der Waals surface area contributed by atoms with Gasteiger partial charge in [0.05, 0.1) is 17.5 Å². The maximum absolute atomic E-state index is 13.0. The second kappa shape index (κ2) is 6.65. The van der Waals surface area contributed by atoms with E-state index in [1.807, 2.05) is 59.4 Å². The summed E-state index contributed by atoms with van der Waals surface area (Å²) in [4.78, 5) is 26.2. The number of nitrogens with zero attached hydrogens (tertiary/aromatic N) is 4. The number of imidazole rings is 1. The molecule has 4 aromatic heterocycles. The molecule has 5 rings (SSSR count). The Morgan fingerprint density at radius 2 is 2.04 bits per heavy atom. The van der Waals surface area contributed by atoms with Crippen molar-refractivity contribution in [3.8, 4) is 11.1 Å². The van der Waals surface area contributed by atoms with Crippen LogP contribution in [0.4, 0.5) is 0 Å². The van der Waals surface area contributed by atoms with Crippen LogP contribution >= 0.6 is 11.3 Å². The molecule has 5 nitrogen and oxygen atoms in total. The number of Topliss-reactive ketones (excluding diaryl/α,β-unsaturated/α-hetero) is 1. The molecule has 136 valence electrons. The Labute approximate surface area is 165 Å². The van der Waals surface area contributed by atoms with Gasteiger partial charge in [-0.1, -0.05) is 12.1 Å². The lowest BCUT2D eigenvalue weighted by Crippen LogP contribution is -2.06. The summed E-state index contributed by atoms with van der Waals surface area (Å²) in [7, 11) is 0. The van der Waals surface area contributed by atoms with Crippen LogP contribution < -0.4 is 0 Å². The Morgan fingerprint density at radius 1 is 1.11 bits per heavy atom. The monoisotopic (exact) mass is 384 g/mol. The molecule has 0 aliphatic heterocycles. The van der Waals surface area contributed by atoms with E-state index < -0.39 is 0 Å². The summed E-state index contributed by atoms with van der Waals surface area (Å²) in [5.74, 6) is 0.0230. The molecule has 0 amide bonds. The fourth-order valence-corrected chi connectivity index (χ4v) is 4.14. The number of thiazole rings is 1. The van der Waals surface area contributed by atoms with Gasteiger partial charge in [-0.3, -0.25) is 9.78 Å². The van der Waals surface area contributed by atoms with Crippen LogP contribution in [0.5, 0.6) is 0 Å². The average molecular weight is 384 g/mol. The minimum Gasteiger partial charge on any atom is -0.306 e. The molecular weight excluding hydrogens is 368 g/mol. The lowest BCUT2D eigenvalue weighted by molar-refractivity contribution is 0.0994. The maximum atomic E-state index is 13.0. The normalized spacial score (nSPS) is 11.3. The van der Waals surface area contributed by atoms with Crippen molar-refractivity contribution < 1.29 is 4.79 Å². The first-order chi connectivity index (χ1) is 13.7. The van der Waals surface area contributed by atoms with E-state index in [1.165, 1.54) is 11.3 Å². The molecule has 0 atom stereocenters. The Balaban J connectivity index is 1.61. The molecule has 0 fully saturated rings. The summed E-state index contributed by atoms with van der Waals surface area (Å²) in [6.07, 6.45) is 7.66. The number of hydrogen-bond donors (Lipinski definition) is 0. The van der Waals surface area contributed by atoms with E-state index in [0.29, 0.717) is 11.2 Å². The Bertz CT molecular complexity index is 1330. The third-order valence-corrected chi connectivity index (χ3v) is 5.67. The van der Waals surface area contributed by atoms with E-state index in [0.717, 1.165) is 32.7 Å². The second-order valence-electron chi connectivity index (χ2n) is 6.69. The maximum Gasteiger partial charge on any atom is 0.173 e. The summed E-state index contributed by atoms with van der Waals surface area (Å²) >= 11 is 1.52. The van der Waals surface area contributed by atoms with Gasteiger partial charge in [-0.05, 0) is 42.3 Å². The van der Waals surface area contributed by atoms with Crippen LogP contribution in [0, 0.1) is 6.92 Å². The lowest BCUT2D eigenvalue weighted by atomic mass is 10.0. The predicted molar refractivity (Wildman–Crippen MR) is 111 cm³/mol. The molecule has 4 heterocycles. The Morgan fingerprint density at radius 3 is 2.89 bits per heavy atom. The van der Waals surface area contributed by atoms with Gasteiger partial charge in [0.1, 0.15) is 10.7 Å². The number of hydrogen-bond acceptors (Lipinski definition) is 5. The fraction of sp³-hybridized carbons (Fsp3) is 0.0909. The number of aromatic nitrogens is 4. The third kappa shape index (κ3) is 2.97. The first-order valence-electron chi connectivity index (χ1n) is 8.93. The number of pyridine rings is 2. The average Bonchev–Trinajstić information content (AvgIpc) is 3.35. The van der Waals surface area contributed by atoms with Crippen molar-refractivity contribution in [1.29, 1.82) is 0 Å². The van der Waals surface area contributed by atoms with Gasteiger partial charge in [0.2, 0.25) is 0 Å². The van der Waals surface area contributed by atoms with E-state index >= 15 is 0 Å². The van der Waals surface area contributed by atoms with Gasteiger partial charge in [0.15, 0.2) is 5.78 Å². The highest BCUT2D eigenvalue weighted by Crippen LogP contribution is 2.26. The number of rotatable bonds is 4. The fourth-order valence-electron chi connectivity index (χ4n) is 3.37. The summed E-state index contributed by atoms with van der Waals surface area (Å²) < 4.78 is 1.91. The van der Waals surface area contributed by atoms with E-state index in [9.17, 15) is 4.79 Å². The van der Waals surface area contributed by atoms with Crippen LogP contribution in [0.15, 0.2) is 66.6 Å². The summed E-state index contributed by atoms with van der Waals surface area (Å²) in [6, 6.07) is 12.0. The number of carbonyl (C=O) groups is 1. The van der Waals surface area contributed by atoms with E-state index in [1.54, 1.807) is 12.4 Å². The lowest BCUT2D eigenvalue weighted by Gasteiger charge is -2.09. The topological polar surface area (TPSA) is 60.2 Å². The van der Waals surface area contributed by atoms with Gasteiger partial charge in [0.25, 0.3) is 0 Å². The highest BCUT2D eigenvalue weighted by atomic mass is 32.1. The minimum absolute atomic E-state index is 0.0230. The number of benzene rings is 1. The van der Waals surface area contributed by atoms with E-state index in [-0.39, 0.29) is 12.2 Å². The van der Waals surface area contributed by atoms with Crippen molar-refractivity contribution in [3.63, 3.8) is 0 Å². The van der Waals surface area contributed by atoms with Crippen LogP contribution in [0.2, 0.25) is 0 Å². The number of carbonyl (C=O) groups excluding carboxylic acids is 1. The zero-order chi connectivity index (χ0) is 19.1. The second-order valence-corrected chi connectivity index (χ2v) is 7.64. The third-order valence-electron chi connectivity index (χ3n) is 4.70. The molecule has 28 heavy (non-hydrogen) atoms. The molecule has 6 heteroatoms. The summed E-state index contributed by atoms with van der Waals surface area (Å²) in [5, 5.41) is 3.86. The smallest absolute Gasteiger partial charge is 0.173 e. The van der Waals surface area contributed by atoms with Crippen molar-refractivity contribution >= 4 is 33.7 Å². The molecule has 0 N–H and O–H groups in total. The molecular formula is C22H16N4OS. The largest absolute Gasteiger partial charge is 0.306 e. The molecule has 0 aliphatic rings. The van der Waals surface area contributed by atoms with Gasteiger partial charge in [-0.25, -0.2) is 9.97 Å². The first-order valence-corrected chi connectivity index (χ1v) is 9.81. The quantitative estimate of drug-likeness (QED) is 0.420. The van der Waals surface area contributed by atoms with Crippen molar-refractivity contribution in [2.45, 2.75) is 13.3 Å². The highest BCUT2D eigenvalue weighted by Gasteiger charge is 2.16. The van der Waals surface area contributed by atoms with Crippen molar-refractivity contribution in [3.05, 3.63) is 82.8 Å². The van der Waals surface area contributed by atoms with Crippen molar-refractivity contribution in [2.24, 2.45) is 0 Å². The number of ketones is 1. The molecule has 0 unspecified atom stereocenters. The predicted octanol–water partition coefficient (Wildman–Crippen LogP) is 4.74. The van der Waals surface area contributed by atoms with Crippen LogP contribution in [-0.4, -0.2) is 25.1 Å². The number of aryl methyl sites for hydroxylation is 1. The van der Waals surface area contributed by atoms with Crippen LogP contribution in [0.3, 0.4) is 0 Å². The highest BCUT2D eigenvalue weighted by molar-refractivity contribution is 7.09. The van der Waals surface area contributed by atoms with Crippen LogP contribution in [-0.2, 0) is 6.42 Å². The molecule has 0 spiro atoms. The minimum atomic E-state index is 0.0230. The van der Waals surface area contributed by atoms with E-state index in [2.05, 4.69) is 21.0 Å². The molecule has 0 saturated heterocycles. The zero-order valence-corrected chi connectivity index (χ0v) is 16.0. The molecule has 0 bridgehead atoms. The standard InChI is InChI=1S/C22H16N4OS/c1-14-13-28-21(25-14)11-20(27)18-10-17(12-26-8-7-24-22(18)26)15-4-5-19-16(9-15)3-2-6-23-19/h2-10,12-13H,11H2,1H3. The first kappa shape index (κ1) is 16.8. The van der Waals surface area contributed by atoms with E-state index in [4.69, 9.17) is 0 Å². The summed E-state index contributed by atoms with van der Waals surface area (Å²) in [6.45, 7) is 1.94. The van der Waals surface area contributed by atoms with Gasteiger partial charge >= 0.3 is 0 Å². The molecule has 1 aromatic carbocycles. The molecule has 0 radical (unpaired) electrons. The number of fused-ring (bicyclic) bond motifs is 2. The van der Waals surface area contributed by atoms with Gasteiger partial charge in [-0.15, -0.1) is 11.3 Å². The molecule has 5 aromatic rings. The Kier molecular flexibility index (Phi) is 3.98. The van der Waals surface area contributed by atoms with Crippen LogP contribution in [0.1, 0.15) is 21.1 Å². The van der Waals surface area contributed by atoms with Crippen molar-refractivity contribution in [2.75, 3.05) is 0 Å². The van der Waals surface area contributed by atoms with Gasteiger partial charge < -0.3 is 4.40 Å². The molecule has 0 aliphatic carbocycles. The van der Waals surface area contributed by atoms with Crippen molar-refractivity contribution in [1.82, 2.24) is 19.4 Å². The van der Waals surface area contributed by atoms with Gasteiger partial charge in [-0.2, -0.15) is 0 Å². The molecule has 0 saturated carbocycles. The SMILES string of the molecule is Cc1csc(CC(=O)c2cc(-c3ccc4ncccc4c3)cn3ccnc23)n1. The zero-order valence-electron chi connectivity index (χ0n) is 15.2. The van der Waals surface area contributed by atoms with Crippen LogP contribution in [0.25, 0.3) is 27.7 Å². The summed E-state index contributed by atoms with van der Waals surface area (Å²) in [5.41, 5.74) is 5.18. The van der Waals surface area contributed by atoms with Gasteiger partial charge in [0, 0.05) is 41.2 Å².